The molecule has 0 amide bonds. The predicted octanol–water partition coefficient (Wildman–Crippen LogP) is 2.34. The average Bonchev–Trinajstić information content (AvgIpc) is 3.10. The SMILES string of the molecule is CC1(c2noc(CC(N)c3ccccc3)n2)CCCO1. The van der Waals surface area contributed by atoms with E-state index in [2.05, 4.69) is 10.1 Å². The lowest BCUT2D eigenvalue weighted by molar-refractivity contribution is 0.00768. The minimum atomic E-state index is -0.404. The quantitative estimate of drug-likeness (QED) is 0.925. The zero-order chi connectivity index (χ0) is 14.0. The van der Waals surface area contributed by atoms with Crippen molar-refractivity contribution in [1.82, 2.24) is 10.1 Å². The van der Waals surface area contributed by atoms with Crippen LogP contribution in [0.3, 0.4) is 0 Å². The molecule has 2 aromatic rings. The molecule has 1 saturated heterocycles. The van der Waals surface area contributed by atoms with Crippen LogP contribution in [0, 0.1) is 0 Å². The van der Waals surface area contributed by atoms with Gasteiger partial charge in [0.2, 0.25) is 11.7 Å². The molecular formula is C15H19N3O2. The third kappa shape index (κ3) is 2.59. The third-order valence-corrected chi connectivity index (χ3v) is 3.78. The summed E-state index contributed by atoms with van der Waals surface area (Å²) in [6.07, 6.45) is 2.49. The number of nitrogens with two attached hydrogens (primary N) is 1. The highest BCUT2D eigenvalue weighted by atomic mass is 16.5. The van der Waals surface area contributed by atoms with E-state index in [0.717, 1.165) is 25.0 Å². The molecule has 1 aromatic carbocycles. The van der Waals surface area contributed by atoms with Gasteiger partial charge in [0, 0.05) is 19.1 Å². The Bertz CT molecular complexity index is 562. The Hall–Kier alpha value is -1.72. The summed E-state index contributed by atoms with van der Waals surface area (Å²) >= 11 is 0. The minimum absolute atomic E-state index is 0.137. The molecule has 1 aromatic heterocycles. The van der Waals surface area contributed by atoms with E-state index in [0.29, 0.717) is 18.1 Å². The highest BCUT2D eigenvalue weighted by molar-refractivity contribution is 5.19. The van der Waals surface area contributed by atoms with E-state index in [1.54, 1.807) is 0 Å². The van der Waals surface area contributed by atoms with E-state index >= 15 is 0 Å². The van der Waals surface area contributed by atoms with Gasteiger partial charge in [0.15, 0.2) is 0 Å². The second-order valence-electron chi connectivity index (χ2n) is 5.42. The first-order valence-corrected chi connectivity index (χ1v) is 6.95. The standard InChI is InChI=1S/C15H19N3O2/c1-15(8-5-9-19-15)14-17-13(20-18-14)10-12(16)11-6-3-2-4-7-11/h2-4,6-7,12H,5,8-10,16H2,1H3. The molecule has 1 aliphatic heterocycles. The van der Waals surface area contributed by atoms with Crippen molar-refractivity contribution in [2.45, 2.75) is 37.8 Å². The summed E-state index contributed by atoms with van der Waals surface area (Å²) in [5, 5.41) is 4.05. The third-order valence-electron chi connectivity index (χ3n) is 3.78. The number of hydrogen-bond donors (Lipinski definition) is 1. The molecule has 2 unspecified atom stereocenters. The molecule has 20 heavy (non-hydrogen) atoms. The first-order valence-electron chi connectivity index (χ1n) is 6.95. The Balaban J connectivity index is 1.71. The summed E-state index contributed by atoms with van der Waals surface area (Å²) in [7, 11) is 0. The van der Waals surface area contributed by atoms with E-state index in [4.69, 9.17) is 15.0 Å². The monoisotopic (exact) mass is 273 g/mol. The summed E-state index contributed by atoms with van der Waals surface area (Å²) in [6, 6.07) is 9.79. The number of hydrogen-bond acceptors (Lipinski definition) is 5. The number of rotatable bonds is 4. The minimum Gasteiger partial charge on any atom is -0.367 e. The van der Waals surface area contributed by atoms with Crippen molar-refractivity contribution in [2.75, 3.05) is 6.61 Å². The van der Waals surface area contributed by atoms with E-state index in [1.807, 2.05) is 37.3 Å². The van der Waals surface area contributed by atoms with Gasteiger partial charge in [0.1, 0.15) is 5.60 Å². The van der Waals surface area contributed by atoms with Gasteiger partial charge in [0.25, 0.3) is 0 Å². The Morgan fingerprint density at radius 1 is 1.35 bits per heavy atom. The molecule has 2 atom stereocenters. The van der Waals surface area contributed by atoms with Crippen LogP contribution in [-0.4, -0.2) is 16.7 Å². The summed E-state index contributed by atoms with van der Waals surface area (Å²) in [6.45, 7) is 2.76. The van der Waals surface area contributed by atoms with Gasteiger partial charge in [-0.1, -0.05) is 35.5 Å². The second kappa shape index (κ2) is 5.34. The van der Waals surface area contributed by atoms with E-state index in [-0.39, 0.29) is 6.04 Å². The maximum Gasteiger partial charge on any atom is 0.228 e. The van der Waals surface area contributed by atoms with Crippen LogP contribution in [0.25, 0.3) is 0 Å². The highest BCUT2D eigenvalue weighted by Gasteiger charge is 2.36. The molecule has 0 bridgehead atoms. The average molecular weight is 273 g/mol. The Kier molecular flexibility index (Phi) is 3.54. The summed E-state index contributed by atoms with van der Waals surface area (Å²) in [4.78, 5) is 4.45. The van der Waals surface area contributed by atoms with Crippen LogP contribution in [0.15, 0.2) is 34.9 Å². The molecule has 1 fully saturated rings. The Morgan fingerprint density at radius 3 is 2.85 bits per heavy atom. The van der Waals surface area contributed by atoms with Crippen molar-refractivity contribution in [3.63, 3.8) is 0 Å². The van der Waals surface area contributed by atoms with Crippen molar-refractivity contribution in [2.24, 2.45) is 5.73 Å². The zero-order valence-corrected chi connectivity index (χ0v) is 11.6. The molecule has 106 valence electrons. The van der Waals surface area contributed by atoms with Crippen molar-refractivity contribution < 1.29 is 9.26 Å². The highest BCUT2D eigenvalue weighted by Crippen LogP contribution is 2.33. The van der Waals surface area contributed by atoms with Gasteiger partial charge in [-0.3, -0.25) is 0 Å². The lowest BCUT2D eigenvalue weighted by Crippen LogP contribution is -2.22. The first-order chi connectivity index (χ1) is 9.67. The van der Waals surface area contributed by atoms with E-state index in [1.165, 1.54) is 0 Å². The normalized spacial score (nSPS) is 23.9. The molecule has 0 saturated carbocycles. The Morgan fingerprint density at radius 2 is 2.15 bits per heavy atom. The number of ether oxygens (including phenoxy) is 1. The number of nitrogens with zero attached hydrogens (tertiary/aromatic N) is 2. The van der Waals surface area contributed by atoms with Crippen molar-refractivity contribution in [3.8, 4) is 0 Å². The van der Waals surface area contributed by atoms with Gasteiger partial charge in [-0.2, -0.15) is 4.98 Å². The largest absolute Gasteiger partial charge is 0.367 e. The van der Waals surface area contributed by atoms with Crippen LogP contribution in [0.2, 0.25) is 0 Å². The second-order valence-corrected chi connectivity index (χ2v) is 5.42. The van der Waals surface area contributed by atoms with Crippen molar-refractivity contribution in [1.29, 1.82) is 0 Å². The smallest absolute Gasteiger partial charge is 0.228 e. The zero-order valence-electron chi connectivity index (χ0n) is 11.6. The predicted molar refractivity (Wildman–Crippen MR) is 73.9 cm³/mol. The molecule has 0 spiro atoms. The van der Waals surface area contributed by atoms with Gasteiger partial charge in [-0.05, 0) is 25.3 Å². The van der Waals surface area contributed by atoms with Gasteiger partial charge >= 0.3 is 0 Å². The van der Waals surface area contributed by atoms with E-state index in [9.17, 15) is 0 Å². The lowest BCUT2D eigenvalue weighted by Gasteiger charge is -2.17. The summed E-state index contributed by atoms with van der Waals surface area (Å²) in [5.74, 6) is 1.19. The molecule has 2 heterocycles. The van der Waals surface area contributed by atoms with E-state index < -0.39 is 5.60 Å². The molecule has 3 rings (SSSR count). The van der Waals surface area contributed by atoms with Crippen LogP contribution in [0.5, 0.6) is 0 Å². The fourth-order valence-electron chi connectivity index (χ4n) is 2.51. The molecule has 5 heteroatoms. The van der Waals surface area contributed by atoms with Crippen LogP contribution >= 0.6 is 0 Å². The maximum absolute atomic E-state index is 6.16. The lowest BCUT2D eigenvalue weighted by atomic mass is 10.0. The maximum atomic E-state index is 6.16. The van der Waals surface area contributed by atoms with Crippen molar-refractivity contribution in [3.05, 3.63) is 47.6 Å². The van der Waals surface area contributed by atoms with Gasteiger partial charge in [-0.25, -0.2) is 0 Å². The van der Waals surface area contributed by atoms with Crippen molar-refractivity contribution >= 4 is 0 Å². The molecule has 0 radical (unpaired) electrons. The van der Waals surface area contributed by atoms with Crippen LogP contribution in [0.4, 0.5) is 0 Å². The van der Waals surface area contributed by atoms with Gasteiger partial charge in [-0.15, -0.1) is 0 Å². The van der Waals surface area contributed by atoms with Crippen LogP contribution < -0.4 is 5.73 Å². The molecule has 1 aliphatic rings. The first kappa shape index (κ1) is 13.3. The number of aromatic nitrogens is 2. The number of benzene rings is 1. The van der Waals surface area contributed by atoms with Gasteiger partial charge < -0.3 is 15.0 Å². The molecular weight excluding hydrogens is 254 g/mol. The Labute approximate surface area is 118 Å². The summed E-state index contributed by atoms with van der Waals surface area (Å²) in [5.41, 5.74) is 6.82. The topological polar surface area (TPSA) is 74.2 Å². The van der Waals surface area contributed by atoms with Gasteiger partial charge in [0.05, 0.1) is 0 Å². The molecule has 0 aliphatic carbocycles. The fourth-order valence-corrected chi connectivity index (χ4v) is 2.51. The molecule has 5 nitrogen and oxygen atoms in total. The molecule has 2 N–H and O–H groups in total. The van der Waals surface area contributed by atoms with Crippen LogP contribution in [0.1, 0.15) is 43.1 Å². The summed E-state index contributed by atoms with van der Waals surface area (Å²) < 4.78 is 11.0. The van der Waals surface area contributed by atoms with Crippen LogP contribution in [-0.2, 0) is 16.8 Å². The fraction of sp³-hybridized carbons (Fsp3) is 0.467.